The van der Waals surface area contributed by atoms with Crippen molar-refractivity contribution in [1.29, 1.82) is 0 Å². The SMILES string of the molecule is Cc1nc2nn(CCN)c(=O)n2c(C)c1C. The molecule has 2 aromatic heterocycles. The van der Waals surface area contributed by atoms with Gasteiger partial charge in [-0.3, -0.25) is 0 Å². The van der Waals surface area contributed by atoms with E-state index in [0.29, 0.717) is 18.9 Å². The van der Waals surface area contributed by atoms with Crippen LogP contribution in [0, 0.1) is 20.8 Å². The Kier molecular flexibility index (Phi) is 2.51. The summed E-state index contributed by atoms with van der Waals surface area (Å²) >= 11 is 0. The van der Waals surface area contributed by atoms with E-state index in [0.717, 1.165) is 17.0 Å². The number of aromatic nitrogens is 4. The molecule has 0 saturated carbocycles. The third-order valence-corrected chi connectivity index (χ3v) is 2.85. The van der Waals surface area contributed by atoms with E-state index in [1.165, 1.54) is 9.08 Å². The van der Waals surface area contributed by atoms with Gasteiger partial charge in [-0.1, -0.05) is 0 Å². The normalized spacial score (nSPS) is 11.2. The first kappa shape index (κ1) is 10.8. The van der Waals surface area contributed by atoms with Crippen molar-refractivity contribution in [2.24, 2.45) is 5.73 Å². The quantitative estimate of drug-likeness (QED) is 0.760. The lowest BCUT2D eigenvalue weighted by Gasteiger charge is -2.04. The Bertz CT molecular complexity index is 595. The fraction of sp³-hybridized carbons (Fsp3) is 0.500. The molecule has 2 rings (SSSR count). The van der Waals surface area contributed by atoms with E-state index >= 15 is 0 Å². The lowest BCUT2D eigenvalue weighted by molar-refractivity contribution is 0.601. The molecule has 0 spiro atoms. The minimum atomic E-state index is -0.173. The van der Waals surface area contributed by atoms with Crippen LogP contribution in [-0.2, 0) is 6.54 Å². The number of fused-ring (bicyclic) bond motifs is 1. The van der Waals surface area contributed by atoms with Crippen LogP contribution in [0.4, 0.5) is 0 Å². The monoisotopic (exact) mass is 221 g/mol. The molecule has 0 aliphatic heterocycles. The van der Waals surface area contributed by atoms with E-state index in [4.69, 9.17) is 5.73 Å². The minimum Gasteiger partial charge on any atom is -0.329 e. The molecule has 2 N–H and O–H groups in total. The van der Waals surface area contributed by atoms with E-state index in [1.54, 1.807) is 0 Å². The fourth-order valence-corrected chi connectivity index (χ4v) is 1.69. The molecule has 0 radical (unpaired) electrons. The first-order chi connectivity index (χ1) is 7.56. The van der Waals surface area contributed by atoms with Crippen molar-refractivity contribution in [1.82, 2.24) is 19.2 Å². The number of rotatable bonds is 2. The number of hydrogen-bond acceptors (Lipinski definition) is 4. The standard InChI is InChI=1S/C10H15N5O/c1-6-7(2)12-9-13-14(5-4-11)10(16)15(9)8(6)3/h4-5,11H2,1-3H3. The zero-order chi connectivity index (χ0) is 11.9. The molecule has 0 fully saturated rings. The van der Waals surface area contributed by atoms with Gasteiger partial charge in [0.1, 0.15) is 0 Å². The van der Waals surface area contributed by atoms with Crippen LogP contribution in [0.3, 0.4) is 0 Å². The summed E-state index contributed by atoms with van der Waals surface area (Å²) in [5.74, 6) is 0.444. The van der Waals surface area contributed by atoms with E-state index in [2.05, 4.69) is 10.1 Å². The third kappa shape index (κ3) is 1.42. The van der Waals surface area contributed by atoms with Crippen molar-refractivity contribution in [3.63, 3.8) is 0 Å². The van der Waals surface area contributed by atoms with Crippen LogP contribution in [0.5, 0.6) is 0 Å². The highest BCUT2D eigenvalue weighted by atomic mass is 16.2. The van der Waals surface area contributed by atoms with Gasteiger partial charge in [-0.25, -0.2) is 18.9 Å². The van der Waals surface area contributed by atoms with Crippen molar-refractivity contribution >= 4 is 5.78 Å². The Hall–Kier alpha value is -1.69. The van der Waals surface area contributed by atoms with Gasteiger partial charge in [-0.2, -0.15) is 0 Å². The molecule has 0 atom stereocenters. The van der Waals surface area contributed by atoms with Crippen molar-refractivity contribution in [2.75, 3.05) is 6.54 Å². The van der Waals surface area contributed by atoms with Gasteiger partial charge < -0.3 is 5.73 Å². The average molecular weight is 221 g/mol. The van der Waals surface area contributed by atoms with Crippen molar-refractivity contribution < 1.29 is 0 Å². The molecule has 2 aromatic rings. The summed E-state index contributed by atoms with van der Waals surface area (Å²) < 4.78 is 2.88. The van der Waals surface area contributed by atoms with Gasteiger partial charge in [0.05, 0.1) is 6.54 Å². The van der Waals surface area contributed by atoms with E-state index in [-0.39, 0.29) is 5.69 Å². The molecular weight excluding hydrogens is 206 g/mol. The number of hydrogen-bond donors (Lipinski definition) is 1. The first-order valence-corrected chi connectivity index (χ1v) is 5.19. The van der Waals surface area contributed by atoms with Gasteiger partial charge in [0.15, 0.2) is 0 Å². The topological polar surface area (TPSA) is 78.2 Å². The van der Waals surface area contributed by atoms with Crippen molar-refractivity contribution in [2.45, 2.75) is 27.3 Å². The van der Waals surface area contributed by atoms with Crippen LogP contribution in [0.2, 0.25) is 0 Å². The predicted molar refractivity (Wildman–Crippen MR) is 60.5 cm³/mol. The average Bonchev–Trinajstić information content (AvgIpc) is 2.53. The van der Waals surface area contributed by atoms with E-state index < -0.39 is 0 Å². The zero-order valence-electron chi connectivity index (χ0n) is 9.69. The van der Waals surface area contributed by atoms with E-state index in [1.807, 2.05) is 20.8 Å². The highest BCUT2D eigenvalue weighted by molar-refractivity contribution is 5.35. The lowest BCUT2D eigenvalue weighted by atomic mass is 10.2. The second-order valence-corrected chi connectivity index (χ2v) is 3.84. The number of nitrogens with zero attached hydrogens (tertiary/aromatic N) is 4. The maximum Gasteiger partial charge on any atom is 0.351 e. The van der Waals surface area contributed by atoms with Crippen molar-refractivity contribution in [3.05, 3.63) is 27.4 Å². The van der Waals surface area contributed by atoms with E-state index in [9.17, 15) is 4.79 Å². The Morgan fingerprint density at radius 1 is 1.31 bits per heavy atom. The smallest absolute Gasteiger partial charge is 0.329 e. The van der Waals surface area contributed by atoms with Gasteiger partial charge in [-0.05, 0) is 26.3 Å². The Labute approximate surface area is 92.7 Å². The predicted octanol–water partition coefficient (Wildman–Crippen LogP) is -0.225. The second-order valence-electron chi connectivity index (χ2n) is 3.84. The summed E-state index contributed by atoms with van der Waals surface area (Å²) in [5, 5.41) is 4.14. The van der Waals surface area contributed by atoms with Gasteiger partial charge in [-0.15, -0.1) is 5.10 Å². The number of aryl methyl sites for hydroxylation is 2. The molecule has 0 bridgehead atoms. The van der Waals surface area contributed by atoms with Crippen LogP contribution in [0.15, 0.2) is 4.79 Å². The highest BCUT2D eigenvalue weighted by Gasteiger charge is 2.12. The Morgan fingerprint density at radius 2 is 2.00 bits per heavy atom. The third-order valence-electron chi connectivity index (χ3n) is 2.85. The van der Waals surface area contributed by atoms with Crippen molar-refractivity contribution in [3.8, 4) is 0 Å². The summed E-state index contributed by atoms with van der Waals surface area (Å²) in [6, 6.07) is 0. The maximum absolute atomic E-state index is 12.0. The second kappa shape index (κ2) is 3.71. The summed E-state index contributed by atoms with van der Waals surface area (Å²) in [5.41, 5.74) is 8.05. The highest BCUT2D eigenvalue weighted by Crippen LogP contribution is 2.09. The maximum atomic E-state index is 12.0. The largest absolute Gasteiger partial charge is 0.351 e. The Balaban J connectivity index is 2.82. The summed E-state index contributed by atoms with van der Waals surface area (Å²) in [6.07, 6.45) is 0. The lowest BCUT2D eigenvalue weighted by Crippen LogP contribution is -2.25. The molecule has 0 saturated heterocycles. The summed E-state index contributed by atoms with van der Waals surface area (Å²) in [4.78, 5) is 16.3. The van der Waals surface area contributed by atoms with Gasteiger partial charge >= 0.3 is 5.69 Å². The Morgan fingerprint density at radius 3 is 2.62 bits per heavy atom. The minimum absolute atomic E-state index is 0.173. The molecule has 0 amide bonds. The summed E-state index contributed by atoms with van der Waals surface area (Å²) in [7, 11) is 0. The van der Waals surface area contributed by atoms with Gasteiger partial charge in [0.25, 0.3) is 5.78 Å². The molecule has 0 aliphatic rings. The molecular formula is C10H15N5O. The molecule has 6 heteroatoms. The molecule has 0 aliphatic carbocycles. The van der Waals surface area contributed by atoms with Gasteiger partial charge in [0.2, 0.25) is 0 Å². The molecule has 0 unspecified atom stereocenters. The van der Waals surface area contributed by atoms with Crippen LogP contribution < -0.4 is 11.4 Å². The van der Waals surface area contributed by atoms with Gasteiger partial charge in [0, 0.05) is 17.9 Å². The molecule has 2 heterocycles. The fourth-order valence-electron chi connectivity index (χ4n) is 1.69. The zero-order valence-corrected chi connectivity index (χ0v) is 9.69. The molecule has 6 nitrogen and oxygen atoms in total. The van der Waals surface area contributed by atoms with Crippen LogP contribution in [0.1, 0.15) is 17.0 Å². The van der Waals surface area contributed by atoms with Crippen LogP contribution >= 0.6 is 0 Å². The van der Waals surface area contributed by atoms with Crippen LogP contribution in [-0.4, -0.2) is 25.7 Å². The molecule has 0 aromatic carbocycles. The molecule has 16 heavy (non-hydrogen) atoms. The van der Waals surface area contributed by atoms with Crippen LogP contribution in [0.25, 0.3) is 5.78 Å². The number of nitrogens with two attached hydrogens (primary N) is 1. The molecule has 86 valence electrons. The summed E-state index contributed by atoms with van der Waals surface area (Å²) in [6.45, 7) is 6.56. The first-order valence-electron chi connectivity index (χ1n) is 5.19.